The van der Waals surface area contributed by atoms with E-state index in [1.807, 2.05) is 34.6 Å². The van der Waals surface area contributed by atoms with Crippen LogP contribution in [0.25, 0.3) is 6.08 Å². The first kappa shape index (κ1) is 18.1. The highest BCUT2D eigenvalue weighted by Gasteiger charge is 2.20. The number of thiophene rings is 1. The van der Waals surface area contributed by atoms with Gasteiger partial charge in [0.15, 0.2) is 0 Å². The van der Waals surface area contributed by atoms with Crippen LogP contribution in [0.4, 0.5) is 5.82 Å². The first-order valence-corrected chi connectivity index (χ1v) is 9.44. The molecule has 1 amide bonds. The van der Waals surface area contributed by atoms with Crippen LogP contribution >= 0.6 is 11.3 Å². The summed E-state index contributed by atoms with van der Waals surface area (Å²) in [5, 5.41) is 1.99. The van der Waals surface area contributed by atoms with Gasteiger partial charge < -0.3 is 14.5 Å². The summed E-state index contributed by atoms with van der Waals surface area (Å²) >= 11 is 1.61. The van der Waals surface area contributed by atoms with Crippen LogP contribution in [0.15, 0.2) is 41.9 Å². The molecule has 0 aliphatic carbocycles. The van der Waals surface area contributed by atoms with Gasteiger partial charge in [0.2, 0.25) is 5.91 Å². The second-order valence-corrected chi connectivity index (χ2v) is 6.77. The average molecular weight is 371 g/mol. The van der Waals surface area contributed by atoms with Crippen LogP contribution < -0.4 is 4.90 Å². The van der Waals surface area contributed by atoms with Crippen LogP contribution in [-0.2, 0) is 9.53 Å². The smallest absolute Gasteiger partial charge is 0.339 e. The predicted octanol–water partition coefficient (Wildman–Crippen LogP) is 2.68. The van der Waals surface area contributed by atoms with Crippen LogP contribution in [0, 0.1) is 0 Å². The van der Waals surface area contributed by atoms with Gasteiger partial charge >= 0.3 is 5.97 Å². The van der Waals surface area contributed by atoms with Crippen molar-refractivity contribution in [1.29, 1.82) is 0 Å². The van der Waals surface area contributed by atoms with E-state index < -0.39 is 0 Å². The van der Waals surface area contributed by atoms with E-state index in [9.17, 15) is 9.59 Å². The Kier molecular flexibility index (Phi) is 6.01. The number of hydrogen-bond acceptors (Lipinski definition) is 6. The molecule has 0 aromatic carbocycles. The van der Waals surface area contributed by atoms with Crippen molar-refractivity contribution in [1.82, 2.24) is 9.88 Å². The Labute approximate surface area is 156 Å². The number of esters is 1. The van der Waals surface area contributed by atoms with E-state index in [0.29, 0.717) is 38.3 Å². The third-order valence-electron chi connectivity index (χ3n) is 4.11. The van der Waals surface area contributed by atoms with Crippen molar-refractivity contribution in [2.75, 3.05) is 37.7 Å². The van der Waals surface area contributed by atoms with E-state index >= 15 is 0 Å². The van der Waals surface area contributed by atoms with Crippen LogP contribution in [0.2, 0.25) is 0 Å². The second kappa shape index (κ2) is 8.62. The Bertz CT molecular complexity index is 764. The Morgan fingerprint density at radius 2 is 2.04 bits per heavy atom. The SMILES string of the molecule is CCOC(=O)c1ccc(N2CCN(C(=O)/C=C/c3cccs3)CC2)nc1. The Morgan fingerprint density at radius 3 is 2.65 bits per heavy atom. The quantitative estimate of drug-likeness (QED) is 0.597. The normalized spacial score (nSPS) is 14.7. The fourth-order valence-corrected chi connectivity index (χ4v) is 3.33. The molecule has 1 aliphatic rings. The lowest BCUT2D eigenvalue weighted by Crippen LogP contribution is -2.48. The summed E-state index contributed by atoms with van der Waals surface area (Å²) in [6.45, 7) is 4.84. The molecule has 3 heterocycles. The maximum atomic E-state index is 12.3. The summed E-state index contributed by atoms with van der Waals surface area (Å²) < 4.78 is 4.96. The highest BCUT2D eigenvalue weighted by Crippen LogP contribution is 2.15. The van der Waals surface area contributed by atoms with E-state index in [2.05, 4.69) is 9.88 Å². The van der Waals surface area contributed by atoms with E-state index in [1.54, 1.807) is 30.4 Å². The molecule has 7 heteroatoms. The van der Waals surface area contributed by atoms with Gasteiger partial charge in [-0.15, -0.1) is 11.3 Å². The van der Waals surface area contributed by atoms with Gasteiger partial charge in [0.25, 0.3) is 0 Å². The fourth-order valence-electron chi connectivity index (χ4n) is 2.71. The van der Waals surface area contributed by atoms with Crippen LogP contribution in [0.5, 0.6) is 0 Å². The molecule has 3 rings (SSSR count). The van der Waals surface area contributed by atoms with E-state index in [-0.39, 0.29) is 11.9 Å². The molecule has 2 aromatic rings. The summed E-state index contributed by atoms with van der Waals surface area (Å²) in [5.41, 5.74) is 0.447. The van der Waals surface area contributed by atoms with Crippen molar-refractivity contribution in [2.45, 2.75) is 6.92 Å². The molecule has 0 radical (unpaired) electrons. The van der Waals surface area contributed by atoms with Crippen molar-refractivity contribution in [2.24, 2.45) is 0 Å². The molecule has 0 saturated carbocycles. The Morgan fingerprint density at radius 1 is 1.23 bits per heavy atom. The highest BCUT2D eigenvalue weighted by atomic mass is 32.1. The monoisotopic (exact) mass is 371 g/mol. The summed E-state index contributed by atoms with van der Waals surface area (Å²) in [7, 11) is 0. The minimum absolute atomic E-state index is 0.0312. The molecule has 26 heavy (non-hydrogen) atoms. The number of piperazine rings is 1. The van der Waals surface area contributed by atoms with Gasteiger partial charge in [0.1, 0.15) is 5.82 Å². The molecule has 1 fully saturated rings. The van der Waals surface area contributed by atoms with Crippen molar-refractivity contribution in [3.63, 3.8) is 0 Å². The summed E-state index contributed by atoms with van der Waals surface area (Å²) in [6.07, 6.45) is 5.03. The van der Waals surface area contributed by atoms with Gasteiger partial charge in [-0.2, -0.15) is 0 Å². The van der Waals surface area contributed by atoms with E-state index in [1.165, 1.54) is 6.20 Å². The third kappa shape index (κ3) is 4.49. The van der Waals surface area contributed by atoms with Gasteiger partial charge in [-0.25, -0.2) is 9.78 Å². The zero-order valence-electron chi connectivity index (χ0n) is 14.6. The minimum Gasteiger partial charge on any atom is -0.462 e. The number of carbonyl (C=O) groups excluding carboxylic acids is 2. The first-order valence-electron chi connectivity index (χ1n) is 8.56. The van der Waals surface area contributed by atoms with E-state index in [0.717, 1.165) is 10.7 Å². The van der Waals surface area contributed by atoms with Gasteiger partial charge in [-0.05, 0) is 36.6 Å². The Hall–Kier alpha value is -2.67. The average Bonchev–Trinajstić information content (AvgIpc) is 3.20. The number of nitrogens with zero attached hydrogens (tertiary/aromatic N) is 3. The largest absolute Gasteiger partial charge is 0.462 e. The third-order valence-corrected chi connectivity index (χ3v) is 4.95. The minimum atomic E-state index is -0.362. The van der Waals surface area contributed by atoms with Crippen LogP contribution in [0.3, 0.4) is 0 Å². The molecule has 1 saturated heterocycles. The van der Waals surface area contributed by atoms with Gasteiger partial charge in [-0.1, -0.05) is 6.07 Å². The van der Waals surface area contributed by atoms with Crippen molar-refractivity contribution in [3.8, 4) is 0 Å². The fraction of sp³-hybridized carbons (Fsp3) is 0.316. The van der Waals surface area contributed by atoms with Gasteiger partial charge in [-0.3, -0.25) is 4.79 Å². The molecule has 2 aromatic heterocycles. The number of pyridine rings is 1. The summed E-state index contributed by atoms with van der Waals surface area (Å²) in [4.78, 5) is 33.3. The van der Waals surface area contributed by atoms with Crippen molar-refractivity contribution in [3.05, 3.63) is 52.4 Å². The first-order chi connectivity index (χ1) is 12.7. The number of rotatable bonds is 5. The van der Waals surface area contributed by atoms with Crippen LogP contribution in [0.1, 0.15) is 22.2 Å². The van der Waals surface area contributed by atoms with E-state index in [4.69, 9.17) is 4.74 Å². The molecule has 0 bridgehead atoms. The highest BCUT2D eigenvalue weighted by molar-refractivity contribution is 7.10. The lowest BCUT2D eigenvalue weighted by molar-refractivity contribution is -0.126. The van der Waals surface area contributed by atoms with Crippen LogP contribution in [-0.4, -0.2) is 54.5 Å². The molecule has 0 N–H and O–H groups in total. The van der Waals surface area contributed by atoms with Gasteiger partial charge in [0.05, 0.1) is 12.2 Å². The zero-order valence-corrected chi connectivity index (χ0v) is 15.4. The molecular weight excluding hydrogens is 350 g/mol. The number of aromatic nitrogens is 1. The molecule has 136 valence electrons. The Balaban J connectivity index is 1.53. The van der Waals surface area contributed by atoms with Gasteiger partial charge in [0, 0.05) is 43.3 Å². The maximum Gasteiger partial charge on any atom is 0.339 e. The molecule has 0 spiro atoms. The number of anilines is 1. The maximum absolute atomic E-state index is 12.3. The lowest BCUT2D eigenvalue weighted by atomic mass is 10.2. The summed E-state index contributed by atoms with van der Waals surface area (Å²) in [5.74, 6) is 0.474. The summed E-state index contributed by atoms with van der Waals surface area (Å²) in [6, 6.07) is 7.49. The lowest BCUT2D eigenvalue weighted by Gasteiger charge is -2.35. The second-order valence-electron chi connectivity index (χ2n) is 5.79. The van der Waals surface area contributed by atoms with Crippen molar-refractivity contribution < 1.29 is 14.3 Å². The standard InChI is InChI=1S/C19H21N3O3S/c1-2-25-19(24)15-5-7-17(20-14-15)21-9-11-22(12-10-21)18(23)8-6-16-4-3-13-26-16/h3-8,13-14H,2,9-12H2,1H3/b8-6+. The molecule has 0 atom stereocenters. The molecular formula is C19H21N3O3S. The molecule has 6 nitrogen and oxygen atoms in total. The predicted molar refractivity (Wildman–Crippen MR) is 102 cm³/mol. The number of hydrogen-bond donors (Lipinski definition) is 0. The molecule has 0 unspecified atom stereocenters. The van der Waals surface area contributed by atoms with Crippen molar-refractivity contribution >= 4 is 35.1 Å². The topological polar surface area (TPSA) is 62.7 Å². The number of amides is 1. The number of ether oxygens (including phenoxy) is 1. The number of carbonyl (C=O) groups is 2. The molecule has 1 aliphatic heterocycles. The zero-order chi connectivity index (χ0) is 18.4.